The van der Waals surface area contributed by atoms with Gasteiger partial charge in [-0.25, -0.2) is 4.98 Å². The van der Waals surface area contributed by atoms with Crippen molar-refractivity contribution in [2.24, 2.45) is 7.05 Å². The van der Waals surface area contributed by atoms with Crippen molar-refractivity contribution in [3.8, 4) is 17.5 Å². The molecule has 4 heteroatoms. The Morgan fingerprint density at radius 1 is 1.50 bits per heavy atom. The number of aryl methyl sites for hydroxylation is 1. The Balaban J connectivity index is 2.44. The predicted octanol–water partition coefficient (Wildman–Crippen LogP) is 2.81. The molecule has 1 aromatic heterocycles. The van der Waals surface area contributed by atoms with E-state index in [0.29, 0.717) is 11.4 Å². The van der Waals surface area contributed by atoms with Gasteiger partial charge in [-0.05, 0) is 12.1 Å². The van der Waals surface area contributed by atoms with Crippen LogP contribution < -0.4 is 0 Å². The molecule has 0 N–H and O–H groups in total. The lowest BCUT2D eigenvalue weighted by molar-refractivity contribution is 0.923. The molecule has 0 saturated carbocycles. The lowest BCUT2D eigenvalue weighted by Crippen LogP contribution is -1.90. The molecule has 0 aliphatic carbocycles. The van der Waals surface area contributed by atoms with Crippen molar-refractivity contribution in [1.82, 2.24) is 9.55 Å². The maximum absolute atomic E-state index is 8.61. The number of halogens is 1. The molecule has 0 amide bonds. The average Bonchev–Trinajstić information content (AvgIpc) is 2.60. The minimum Gasteiger partial charge on any atom is -0.334 e. The summed E-state index contributed by atoms with van der Waals surface area (Å²) < 4.78 is 1.90. The van der Waals surface area contributed by atoms with Crippen LogP contribution in [0.3, 0.4) is 0 Å². The first-order valence-electron chi connectivity index (χ1n) is 4.86. The van der Waals surface area contributed by atoms with Crippen LogP contribution in [0.15, 0.2) is 30.5 Å². The van der Waals surface area contributed by atoms with Crippen molar-refractivity contribution in [2.75, 3.05) is 0 Å². The van der Waals surface area contributed by atoms with Gasteiger partial charge in [0.1, 0.15) is 5.82 Å². The zero-order valence-electron chi connectivity index (χ0n) is 8.81. The zero-order valence-corrected chi connectivity index (χ0v) is 9.57. The van der Waals surface area contributed by atoms with Gasteiger partial charge in [0, 0.05) is 23.8 Å². The average molecular weight is 232 g/mol. The van der Waals surface area contributed by atoms with Crippen LogP contribution in [0.25, 0.3) is 11.4 Å². The molecule has 2 aromatic rings. The Kier molecular flexibility index (Phi) is 2.93. The monoisotopic (exact) mass is 231 g/mol. The minimum absolute atomic E-state index is 0.328. The second-order valence-corrected chi connectivity index (χ2v) is 3.95. The van der Waals surface area contributed by atoms with Crippen molar-refractivity contribution >= 4 is 11.6 Å². The molecule has 16 heavy (non-hydrogen) atoms. The summed E-state index contributed by atoms with van der Waals surface area (Å²) in [6.45, 7) is 0. The van der Waals surface area contributed by atoms with Crippen LogP contribution in [0.2, 0.25) is 5.02 Å². The quantitative estimate of drug-likeness (QED) is 0.798. The second kappa shape index (κ2) is 4.38. The third-order valence-electron chi connectivity index (χ3n) is 2.27. The van der Waals surface area contributed by atoms with Crippen molar-refractivity contribution in [2.45, 2.75) is 6.42 Å². The maximum atomic E-state index is 8.61. The molecule has 0 bridgehead atoms. The van der Waals surface area contributed by atoms with Gasteiger partial charge in [-0.3, -0.25) is 0 Å². The van der Waals surface area contributed by atoms with Gasteiger partial charge in [0.05, 0.1) is 18.2 Å². The van der Waals surface area contributed by atoms with Gasteiger partial charge in [-0.15, -0.1) is 0 Å². The van der Waals surface area contributed by atoms with Crippen molar-refractivity contribution < 1.29 is 0 Å². The molecule has 80 valence electrons. The number of hydrogen-bond acceptors (Lipinski definition) is 2. The summed E-state index contributed by atoms with van der Waals surface area (Å²) in [5.41, 5.74) is 1.74. The SMILES string of the molecule is Cn1cc(CC#N)nc1-c1cccc(Cl)c1. The molecular weight excluding hydrogens is 222 g/mol. The molecular formula is C12H10ClN3. The van der Waals surface area contributed by atoms with Gasteiger partial charge in [0.25, 0.3) is 0 Å². The molecule has 0 radical (unpaired) electrons. The maximum Gasteiger partial charge on any atom is 0.140 e. The molecule has 0 aliphatic rings. The van der Waals surface area contributed by atoms with Crippen molar-refractivity contribution in [3.05, 3.63) is 41.2 Å². The van der Waals surface area contributed by atoms with Gasteiger partial charge in [0.15, 0.2) is 0 Å². The van der Waals surface area contributed by atoms with Crippen molar-refractivity contribution in [1.29, 1.82) is 5.26 Å². The Bertz CT molecular complexity index is 552. The normalized spacial score (nSPS) is 10.1. The predicted molar refractivity (Wildman–Crippen MR) is 63.0 cm³/mol. The van der Waals surface area contributed by atoms with Crippen LogP contribution in [-0.4, -0.2) is 9.55 Å². The first-order chi connectivity index (χ1) is 7.70. The highest BCUT2D eigenvalue weighted by Crippen LogP contribution is 2.21. The Morgan fingerprint density at radius 2 is 2.31 bits per heavy atom. The van der Waals surface area contributed by atoms with Crippen LogP contribution >= 0.6 is 11.6 Å². The van der Waals surface area contributed by atoms with Gasteiger partial charge >= 0.3 is 0 Å². The first-order valence-corrected chi connectivity index (χ1v) is 5.23. The van der Waals surface area contributed by atoms with E-state index in [2.05, 4.69) is 11.1 Å². The smallest absolute Gasteiger partial charge is 0.140 e. The minimum atomic E-state index is 0.328. The second-order valence-electron chi connectivity index (χ2n) is 3.51. The van der Waals surface area contributed by atoms with E-state index in [1.54, 1.807) is 0 Å². The van der Waals surface area contributed by atoms with Gasteiger partial charge < -0.3 is 4.57 Å². The summed E-state index contributed by atoms with van der Waals surface area (Å²) in [7, 11) is 1.91. The lowest BCUT2D eigenvalue weighted by atomic mass is 10.2. The largest absolute Gasteiger partial charge is 0.334 e. The van der Waals surface area contributed by atoms with Crippen LogP contribution in [0, 0.1) is 11.3 Å². The third-order valence-corrected chi connectivity index (χ3v) is 2.50. The summed E-state index contributed by atoms with van der Waals surface area (Å²) in [6.07, 6.45) is 2.19. The molecule has 0 spiro atoms. The fourth-order valence-corrected chi connectivity index (χ4v) is 1.78. The lowest BCUT2D eigenvalue weighted by Gasteiger charge is -2.01. The molecule has 0 atom stereocenters. The van der Waals surface area contributed by atoms with Gasteiger partial charge in [-0.2, -0.15) is 5.26 Å². The van der Waals surface area contributed by atoms with Crippen LogP contribution in [-0.2, 0) is 13.5 Å². The highest BCUT2D eigenvalue weighted by atomic mass is 35.5. The highest BCUT2D eigenvalue weighted by Gasteiger charge is 2.07. The van der Waals surface area contributed by atoms with Gasteiger partial charge in [-0.1, -0.05) is 23.7 Å². The molecule has 1 aromatic carbocycles. The van der Waals surface area contributed by atoms with E-state index in [0.717, 1.165) is 17.1 Å². The third kappa shape index (κ3) is 2.07. The van der Waals surface area contributed by atoms with Crippen LogP contribution in [0.1, 0.15) is 5.69 Å². The van der Waals surface area contributed by atoms with E-state index in [4.69, 9.17) is 16.9 Å². The van der Waals surface area contributed by atoms with Crippen molar-refractivity contribution in [3.63, 3.8) is 0 Å². The van der Waals surface area contributed by atoms with E-state index in [9.17, 15) is 0 Å². The summed E-state index contributed by atoms with van der Waals surface area (Å²) in [5, 5.41) is 9.30. The van der Waals surface area contributed by atoms with Crippen LogP contribution in [0.4, 0.5) is 0 Å². The number of nitrogens with zero attached hydrogens (tertiary/aromatic N) is 3. The molecule has 0 unspecified atom stereocenters. The first kappa shape index (κ1) is 10.7. The zero-order chi connectivity index (χ0) is 11.5. The van der Waals surface area contributed by atoms with E-state index in [1.807, 2.05) is 42.1 Å². The topological polar surface area (TPSA) is 41.6 Å². The van der Waals surface area contributed by atoms with E-state index < -0.39 is 0 Å². The fraction of sp³-hybridized carbons (Fsp3) is 0.167. The molecule has 2 rings (SSSR count). The summed E-state index contributed by atoms with van der Waals surface area (Å²) >= 11 is 5.93. The molecule has 0 fully saturated rings. The van der Waals surface area contributed by atoms with Gasteiger partial charge in [0.2, 0.25) is 0 Å². The number of benzene rings is 1. The Morgan fingerprint density at radius 3 is 3.00 bits per heavy atom. The number of rotatable bonds is 2. The number of hydrogen-bond donors (Lipinski definition) is 0. The van der Waals surface area contributed by atoms with E-state index in [1.165, 1.54) is 0 Å². The molecule has 3 nitrogen and oxygen atoms in total. The summed E-state index contributed by atoms with van der Waals surface area (Å²) in [6, 6.07) is 9.60. The molecule has 0 aliphatic heterocycles. The van der Waals surface area contributed by atoms with E-state index in [-0.39, 0.29) is 0 Å². The summed E-state index contributed by atoms with van der Waals surface area (Å²) in [4.78, 5) is 4.39. The molecule has 0 saturated heterocycles. The van der Waals surface area contributed by atoms with Crippen LogP contribution in [0.5, 0.6) is 0 Å². The summed E-state index contributed by atoms with van der Waals surface area (Å²) in [5.74, 6) is 0.827. The molecule has 1 heterocycles. The Hall–Kier alpha value is -1.79. The Labute approximate surface area is 98.9 Å². The number of nitriles is 1. The fourth-order valence-electron chi connectivity index (χ4n) is 1.59. The van der Waals surface area contributed by atoms with E-state index >= 15 is 0 Å². The number of aromatic nitrogens is 2. The highest BCUT2D eigenvalue weighted by molar-refractivity contribution is 6.30. The number of imidazole rings is 1. The standard InChI is InChI=1S/C12H10ClN3/c1-16-8-11(5-6-14)15-12(16)9-3-2-4-10(13)7-9/h2-4,7-8H,5H2,1H3.